The Hall–Kier alpha value is -0.890. The maximum absolute atomic E-state index is 11.8. The van der Waals surface area contributed by atoms with Gasteiger partial charge in [0.1, 0.15) is 30.0 Å². The number of esters is 1. The Bertz CT molecular complexity index is 631. The van der Waals surface area contributed by atoms with Gasteiger partial charge in [-0.2, -0.15) is 0 Å². The predicted octanol–water partition coefficient (Wildman–Crippen LogP) is -0.989. The molecule has 186 valence electrons. The first-order valence-corrected chi connectivity index (χ1v) is 11.2. The Morgan fingerprint density at radius 2 is 1.81 bits per heavy atom. The summed E-state index contributed by atoms with van der Waals surface area (Å²) in [5.74, 6) is -1.51. The molecule has 2 saturated heterocycles. The van der Waals surface area contributed by atoms with Gasteiger partial charge in [0.05, 0.1) is 18.6 Å². The van der Waals surface area contributed by atoms with Gasteiger partial charge in [-0.05, 0) is 13.3 Å². The summed E-state index contributed by atoms with van der Waals surface area (Å²) in [6.07, 6.45) is -7.70. The minimum Gasteiger partial charge on any atom is -0.459 e. The second-order valence-corrected chi connectivity index (χ2v) is 9.09. The van der Waals surface area contributed by atoms with Gasteiger partial charge in [-0.3, -0.25) is 4.79 Å². The van der Waals surface area contributed by atoms with Crippen molar-refractivity contribution in [3.8, 4) is 0 Å². The summed E-state index contributed by atoms with van der Waals surface area (Å²) >= 11 is 0. The Kier molecular flexibility index (Phi) is 8.51. The van der Waals surface area contributed by atoms with Gasteiger partial charge in [0.25, 0.3) is 0 Å². The Balaban J connectivity index is 1.83. The SMILES string of the molecule is CCCCO[C@H]1C[C@@H]2[C@H]([C@H](O[C@@H]3O[C@H](CO)[C@@H](O)[C@H](O)[C@H]3O)O1)[C@@](C)(OC(C)=O)C[C@H]2O. The van der Waals surface area contributed by atoms with Crippen molar-refractivity contribution in [2.24, 2.45) is 11.8 Å². The molecule has 32 heavy (non-hydrogen) atoms. The molecule has 0 spiro atoms. The van der Waals surface area contributed by atoms with Crippen molar-refractivity contribution in [3.05, 3.63) is 0 Å². The highest BCUT2D eigenvalue weighted by molar-refractivity contribution is 5.66. The third-order valence-electron chi connectivity index (χ3n) is 6.61. The van der Waals surface area contributed by atoms with Crippen LogP contribution in [0.25, 0.3) is 0 Å². The lowest BCUT2D eigenvalue weighted by atomic mass is 9.82. The molecule has 2 heterocycles. The standard InChI is InChI=1S/C21H36O11/c1-4-5-6-28-14-7-11-12(24)8-21(3,32-10(2)23)15(11)19(30-14)31-20-18(27)17(26)16(25)13(9-22)29-20/h11-20,22,24-27H,4-9H2,1-3H3/t11-,12+,13+,14+,15+,16+,17-,18+,19-,20-,21-/m0/s1. The van der Waals surface area contributed by atoms with Crippen LogP contribution in [0.1, 0.15) is 46.5 Å². The molecule has 3 aliphatic rings. The van der Waals surface area contributed by atoms with Gasteiger partial charge in [0.15, 0.2) is 18.9 Å². The Morgan fingerprint density at radius 1 is 1.09 bits per heavy atom. The molecular weight excluding hydrogens is 428 g/mol. The van der Waals surface area contributed by atoms with Crippen LogP contribution in [0.4, 0.5) is 0 Å². The van der Waals surface area contributed by atoms with Gasteiger partial charge in [0.2, 0.25) is 0 Å². The number of carbonyl (C=O) groups is 1. The normalized spacial score (nSPS) is 46.6. The molecule has 0 aromatic heterocycles. The highest BCUT2D eigenvalue weighted by Crippen LogP contribution is 2.51. The minimum atomic E-state index is -1.62. The molecule has 11 heteroatoms. The van der Waals surface area contributed by atoms with Crippen LogP contribution in [0, 0.1) is 11.8 Å². The number of hydrogen-bond acceptors (Lipinski definition) is 11. The summed E-state index contributed by atoms with van der Waals surface area (Å²) in [4.78, 5) is 11.8. The molecule has 5 N–H and O–H groups in total. The van der Waals surface area contributed by atoms with Gasteiger partial charge in [-0.1, -0.05) is 13.3 Å². The molecule has 11 nitrogen and oxygen atoms in total. The number of unbranched alkanes of at least 4 members (excludes halogenated alkanes) is 1. The smallest absolute Gasteiger partial charge is 0.303 e. The minimum absolute atomic E-state index is 0.168. The quantitative estimate of drug-likeness (QED) is 0.221. The van der Waals surface area contributed by atoms with Crippen molar-refractivity contribution in [1.29, 1.82) is 0 Å². The lowest BCUT2D eigenvalue weighted by molar-refractivity contribution is -0.383. The van der Waals surface area contributed by atoms with Gasteiger partial charge >= 0.3 is 5.97 Å². The summed E-state index contributed by atoms with van der Waals surface area (Å²) < 4.78 is 28.8. The van der Waals surface area contributed by atoms with E-state index in [1.165, 1.54) is 6.92 Å². The fourth-order valence-electron chi connectivity index (χ4n) is 5.03. The topological polar surface area (TPSA) is 164 Å². The zero-order valence-electron chi connectivity index (χ0n) is 18.7. The molecule has 2 aliphatic heterocycles. The number of aliphatic hydroxyl groups is 5. The number of rotatable bonds is 8. The lowest BCUT2D eigenvalue weighted by Gasteiger charge is -2.46. The van der Waals surface area contributed by atoms with E-state index in [1.54, 1.807) is 6.92 Å². The van der Waals surface area contributed by atoms with Crippen molar-refractivity contribution < 1.29 is 54.0 Å². The summed E-state index contributed by atoms with van der Waals surface area (Å²) in [6, 6.07) is 0. The van der Waals surface area contributed by atoms with Crippen LogP contribution < -0.4 is 0 Å². The van der Waals surface area contributed by atoms with Gasteiger partial charge in [-0.25, -0.2) is 0 Å². The lowest BCUT2D eigenvalue weighted by Crippen LogP contribution is -2.61. The summed E-state index contributed by atoms with van der Waals surface area (Å²) in [5, 5.41) is 50.7. The molecular formula is C21H36O11. The zero-order chi connectivity index (χ0) is 23.6. The van der Waals surface area contributed by atoms with E-state index >= 15 is 0 Å². The molecule has 3 rings (SSSR count). The number of carbonyl (C=O) groups excluding carboxylic acids is 1. The molecule has 11 atom stereocenters. The van der Waals surface area contributed by atoms with Gasteiger partial charge in [0, 0.05) is 32.3 Å². The second kappa shape index (κ2) is 10.6. The van der Waals surface area contributed by atoms with E-state index in [0.717, 1.165) is 12.8 Å². The van der Waals surface area contributed by atoms with Crippen LogP contribution in [-0.4, -0.2) is 99.7 Å². The van der Waals surface area contributed by atoms with Gasteiger partial charge < -0.3 is 49.2 Å². The second-order valence-electron chi connectivity index (χ2n) is 9.09. The molecule has 3 fully saturated rings. The van der Waals surface area contributed by atoms with E-state index in [0.29, 0.717) is 13.0 Å². The third-order valence-corrected chi connectivity index (χ3v) is 6.61. The first-order chi connectivity index (χ1) is 15.1. The molecule has 0 aromatic rings. The average Bonchev–Trinajstić information content (AvgIpc) is 2.97. The molecule has 0 aromatic carbocycles. The highest BCUT2D eigenvalue weighted by Gasteiger charge is 2.61. The number of fused-ring (bicyclic) bond motifs is 1. The van der Waals surface area contributed by atoms with Crippen molar-refractivity contribution in [2.75, 3.05) is 13.2 Å². The average molecular weight is 465 g/mol. The first-order valence-electron chi connectivity index (χ1n) is 11.2. The molecule has 0 radical (unpaired) electrons. The Labute approximate surface area is 187 Å². The zero-order valence-corrected chi connectivity index (χ0v) is 18.7. The van der Waals surface area contributed by atoms with Crippen LogP contribution in [-0.2, 0) is 28.5 Å². The molecule has 0 amide bonds. The van der Waals surface area contributed by atoms with Gasteiger partial charge in [-0.15, -0.1) is 0 Å². The van der Waals surface area contributed by atoms with E-state index in [1.807, 2.05) is 6.92 Å². The van der Waals surface area contributed by atoms with Crippen molar-refractivity contribution in [3.63, 3.8) is 0 Å². The summed E-state index contributed by atoms with van der Waals surface area (Å²) in [5.41, 5.74) is -1.11. The van der Waals surface area contributed by atoms with E-state index in [-0.39, 0.29) is 12.3 Å². The number of hydrogen-bond donors (Lipinski definition) is 5. The van der Waals surface area contributed by atoms with Crippen LogP contribution >= 0.6 is 0 Å². The summed E-state index contributed by atoms with van der Waals surface area (Å²) in [7, 11) is 0. The fourth-order valence-corrected chi connectivity index (χ4v) is 5.03. The van der Waals surface area contributed by atoms with E-state index in [4.69, 9.17) is 23.7 Å². The maximum atomic E-state index is 11.8. The van der Waals surface area contributed by atoms with Crippen molar-refractivity contribution in [1.82, 2.24) is 0 Å². The van der Waals surface area contributed by atoms with Crippen LogP contribution in [0.2, 0.25) is 0 Å². The third kappa shape index (κ3) is 5.26. The fraction of sp³-hybridized carbons (Fsp3) is 0.952. The van der Waals surface area contributed by atoms with Crippen LogP contribution in [0.5, 0.6) is 0 Å². The van der Waals surface area contributed by atoms with Crippen LogP contribution in [0.15, 0.2) is 0 Å². The first kappa shape index (κ1) is 25.7. The van der Waals surface area contributed by atoms with E-state index in [2.05, 4.69) is 0 Å². The van der Waals surface area contributed by atoms with Crippen molar-refractivity contribution >= 4 is 5.97 Å². The largest absolute Gasteiger partial charge is 0.459 e. The highest BCUT2D eigenvalue weighted by atomic mass is 16.8. The van der Waals surface area contributed by atoms with E-state index in [9.17, 15) is 30.3 Å². The van der Waals surface area contributed by atoms with E-state index < -0.39 is 73.5 Å². The number of ether oxygens (including phenoxy) is 5. The monoisotopic (exact) mass is 464 g/mol. The number of aliphatic hydroxyl groups excluding tert-OH is 5. The maximum Gasteiger partial charge on any atom is 0.303 e. The predicted molar refractivity (Wildman–Crippen MR) is 107 cm³/mol. The summed E-state index contributed by atoms with van der Waals surface area (Å²) in [6.45, 7) is 4.83. The van der Waals surface area contributed by atoms with Crippen LogP contribution in [0.3, 0.4) is 0 Å². The molecule has 1 saturated carbocycles. The molecule has 1 aliphatic carbocycles. The Morgan fingerprint density at radius 3 is 2.44 bits per heavy atom. The van der Waals surface area contributed by atoms with Crippen molar-refractivity contribution in [2.45, 2.75) is 101 Å². The molecule has 0 unspecified atom stereocenters. The molecule has 0 bridgehead atoms.